The number of rotatable bonds is 8. The zero-order valence-electron chi connectivity index (χ0n) is 12.6. The Morgan fingerprint density at radius 2 is 1.77 bits per heavy atom. The van der Waals surface area contributed by atoms with Crippen LogP contribution in [0.3, 0.4) is 0 Å². The molecule has 0 aliphatic carbocycles. The van der Waals surface area contributed by atoms with Crippen molar-refractivity contribution in [2.75, 3.05) is 20.2 Å². The lowest BCUT2D eigenvalue weighted by molar-refractivity contribution is -0.140. The van der Waals surface area contributed by atoms with E-state index in [-0.39, 0.29) is 24.8 Å². The molecule has 0 radical (unpaired) electrons. The first-order chi connectivity index (χ1) is 10.6. The van der Waals surface area contributed by atoms with Crippen LogP contribution < -0.4 is 16.0 Å². The lowest BCUT2D eigenvalue weighted by Crippen LogP contribution is -2.42. The van der Waals surface area contributed by atoms with Gasteiger partial charge in [0.1, 0.15) is 0 Å². The quantitative estimate of drug-likeness (QED) is 0.483. The summed E-state index contributed by atoms with van der Waals surface area (Å²) in [5.74, 6) is -0.618. The van der Waals surface area contributed by atoms with Crippen LogP contribution in [0.15, 0.2) is 30.3 Å². The fraction of sp³-hybridized carbons (Fsp3) is 0.400. The maximum Gasteiger partial charge on any atom is 0.315 e. The van der Waals surface area contributed by atoms with Crippen molar-refractivity contribution in [2.45, 2.75) is 19.4 Å². The van der Waals surface area contributed by atoms with Crippen molar-refractivity contribution in [3.8, 4) is 0 Å². The third kappa shape index (κ3) is 7.88. The number of hydrogen-bond acceptors (Lipinski definition) is 4. The van der Waals surface area contributed by atoms with E-state index in [9.17, 15) is 14.4 Å². The van der Waals surface area contributed by atoms with Gasteiger partial charge in [-0.05, 0) is 12.0 Å². The van der Waals surface area contributed by atoms with Gasteiger partial charge in [0.15, 0.2) is 0 Å². The highest BCUT2D eigenvalue weighted by Crippen LogP contribution is 1.96. The Hall–Kier alpha value is -2.57. The molecule has 0 unspecified atom stereocenters. The number of carbonyl (C=O) groups excluding carboxylic acids is 3. The van der Waals surface area contributed by atoms with Crippen LogP contribution in [0, 0.1) is 0 Å². The molecule has 3 amide bonds. The summed E-state index contributed by atoms with van der Waals surface area (Å²) < 4.78 is 4.48. The standard InChI is InChI=1S/C15H21N3O4/c1-22-14(20)8-5-9-16-13(19)11-18-15(21)17-10-12-6-3-2-4-7-12/h2-4,6-7H,5,8-11H2,1H3,(H,16,19)(H2,17,18,21). The highest BCUT2D eigenvalue weighted by atomic mass is 16.5. The Balaban J connectivity index is 2.08. The fourth-order valence-electron chi connectivity index (χ4n) is 1.63. The van der Waals surface area contributed by atoms with E-state index in [1.807, 2.05) is 30.3 Å². The molecule has 0 heterocycles. The van der Waals surface area contributed by atoms with Gasteiger partial charge in [-0.15, -0.1) is 0 Å². The maximum absolute atomic E-state index is 11.5. The van der Waals surface area contributed by atoms with Crippen molar-refractivity contribution in [1.29, 1.82) is 0 Å². The highest BCUT2D eigenvalue weighted by Gasteiger charge is 2.05. The van der Waals surface area contributed by atoms with E-state index in [0.717, 1.165) is 5.56 Å². The van der Waals surface area contributed by atoms with Crippen LogP contribution in [-0.2, 0) is 20.9 Å². The molecule has 22 heavy (non-hydrogen) atoms. The number of carbonyl (C=O) groups is 3. The molecule has 0 atom stereocenters. The molecule has 1 aromatic rings. The van der Waals surface area contributed by atoms with Gasteiger partial charge in [0.25, 0.3) is 0 Å². The van der Waals surface area contributed by atoms with Gasteiger partial charge in [0, 0.05) is 19.5 Å². The summed E-state index contributed by atoms with van der Waals surface area (Å²) in [7, 11) is 1.32. The number of ether oxygens (including phenoxy) is 1. The smallest absolute Gasteiger partial charge is 0.315 e. The molecule has 0 saturated heterocycles. The van der Waals surface area contributed by atoms with E-state index in [1.54, 1.807) is 0 Å². The minimum absolute atomic E-state index is 0.112. The predicted molar refractivity (Wildman–Crippen MR) is 80.9 cm³/mol. The molecule has 0 saturated carbocycles. The summed E-state index contributed by atoms with van der Waals surface area (Å²) in [5, 5.41) is 7.71. The van der Waals surface area contributed by atoms with Gasteiger partial charge in [0.2, 0.25) is 5.91 Å². The number of nitrogens with one attached hydrogen (secondary N) is 3. The Kier molecular flexibility index (Phi) is 8.10. The van der Waals surface area contributed by atoms with Gasteiger partial charge in [-0.2, -0.15) is 0 Å². The molecule has 3 N–H and O–H groups in total. The van der Waals surface area contributed by atoms with Crippen LogP contribution >= 0.6 is 0 Å². The minimum atomic E-state index is -0.409. The molecular formula is C15H21N3O4. The molecule has 0 spiro atoms. The molecular weight excluding hydrogens is 286 g/mol. The average Bonchev–Trinajstić information content (AvgIpc) is 2.55. The van der Waals surface area contributed by atoms with Crippen LogP contribution in [0.1, 0.15) is 18.4 Å². The molecule has 7 nitrogen and oxygen atoms in total. The molecule has 0 aromatic heterocycles. The summed E-state index contributed by atoms with van der Waals surface area (Å²) in [5.41, 5.74) is 0.977. The lowest BCUT2D eigenvalue weighted by Gasteiger charge is -2.08. The lowest BCUT2D eigenvalue weighted by atomic mass is 10.2. The summed E-state index contributed by atoms with van der Waals surface area (Å²) in [6, 6.07) is 9.05. The number of amides is 3. The van der Waals surface area contributed by atoms with Crippen LogP contribution in [-0.4, -0.2) is 38.1 Å². The molecule has 1 rings (SSSR count). The van der Waals surface area contributed by atoms with E-state index < -0.39 is 6.03 Å². The van der Waals surface area contributed by atoms with Crippen molar-refractivity contribution < 1.29 is 19.1 Å². The maximum atomic E-state index is 11.5. The topological polar surface area (TPSA) is 96.5 Å². The van der Waals surface area contributed by atoms with E-state index in [4.69, 9.17) is 0 Å². The molecule has 7 heteroatoms. The van der Waals surface area contributed by atoms with Crippen molar-refractivity contribution >= 4 is 17.9 Å². The largest absolute Gasteiger partial charge is 0.469 e. The molecule has 0 aliphatic heterocycles. The SMILES string of the molecule is COC(=O)CCCNC(=O)CNC(=O)NCc1ccccc1. The Morgan fingerprint density at radius 1 is 1.05 bits per heavy atom. The van der Waals surface area contributed by atoms with Crippen LogP contribution in [0.25, 0.3) is 0 Å². The summed E-state index contributed by atoms with van der Waals surface area (Å²) >= 11 is 0. The van der Waals surface area contributed by atoms with E-state index >= 15 is 0 Å². The second kappa shape index (κ2) is 10.2. The number of hydrogen-bond donors (Lipinski definition) is 3. The first-order valence-corrected chi connectivity index (χ1v) is 7.01. The number of methoxy groups -OCH3 is 1. The van der Waals surface area contributed by atoms with Crippen molar-refractivity contribution in [3.05, 3.63) is 35.9 Å². The van der Waals surface area contributed by atoms with E-state index in [2.05, 4.69) is 20.7 Å². The van der Waals surface area contributed by atoms with Crippen molar-refractivity contribution in [2.24, 2.45) is 0 Å². The van der Waals surface area contributed by atoms with Gasteiger partial charge in [-0.3, -0.25) is 9.59 Å². The molecule has 1 aromatic carbocycles. The Morgan fingerprint density at radius 3 is 2.45 bits per heavy atom. The molecule has 120 valence electrons. The van der Waals surface area contributed by atoms with Crippen molar-refractivity contribution in [3.63, 3.8) is 0 Å². The van der Waals surface area contributed by atoms with Crippen LogP contribution in [0.2, 0.25) is 0 Å². The Labute approximate surface area is 129 Å². The summed E-state index contributed by atoms with van der Waals surface area (Å²) in [6.45, 7) is 0.646. The molecule has 0 fully saturated rings. The first-order valence-electron chi connectivity index (χ1n) is 7.01. The number of benzene rings is 1. The van der Waals surface area contributed by atoms with Gasteiger partial charge in [0.05, 0.1) is 13.7 Å². The van der Waals surface area contributed by atoms with Gasteiger partial charge in [-0.25, -0.2) is 4.79 Å². The summed E-state index contributed by atoms with van der Waals surface area (Å²) in [6.07, 6.45) is 0.750. The van der Waals surface area contributed by atoms with Crippen molar-refractivity contribution in [1.82, 2.24) is 16.0 Å². The second-order valence-electron chi connectivity index (χ2n) is 4.55. The third-order valence-corrected chi connectivity index (χ3v) is 2.81. The van der Waals surface area contributed by atoms with Gasteiger partial charge < -0.3 is 20.7 Å². The minimum Gasteiger partial charge on any atom is -0.469 e. The second-order valence-corrected chi connectivity index (χ2v) is 4.55. The van der Waals surface area contributed by atoms with E-state index in [0.29, 0.717) is 19.5 Å². The van der Waals surface area contributed by atoms with Gasteiger partial charge in [-0.1, -0.05) is 30.3 Å². The van der Waals surface area contributed by atoms with Gasteiger partial charge >= 0.3 is 12.0 Å². The fourth-order valence-corrected chi connectivity index (χ4v) is 1.63. The highest BCUT2D eigenvalue weighted by molar-refractivity contribution is 5.83. The number of esters is 1. The summed E-state index contributed by atoms with van der Waals surface area (Å²) in [4.78, 5) is 33.8. The predicted octanol–water partition coefficient (Wildman–Crippen LogP) is 0.555. The van der Waals surface area contributed by atoms with Crippen LogP contribution in [0.4, 0.5) is 4.79 Å². The zero-order chi connectivity index (χ0) is 16.2. The molecule has 0 aliphatic rings. The average molecular weight is 307 g/mol. The monoisotopic (exact) mass is 307 g/mol. The third-order valence-electron chi connectivity index (χ3n) is 2.81. The first kappa shape index (κ1) is 17.5. The molecule has 0 bridgehead atoms. The Bertz CT molecular complexity index is 491. The number of urea groups is 1. The van der Waals surface area contributed by atoms with Crippen LogP contribution in [0.5, 0.6) is 0 Å². The van der Waals surface area contributed by atoms with E-state index in [1.165, 1.54) is 7.11 Å². The zero-order valence-corrected chi connectivity index (χ0v) is 12.6. The normalized spacial score (nSPS) is 9.68.